The molecule has 20 heavy (non-hydrogen) atoms. The molecular weight excluding hydrogens is 262 g/mol. The van der Waals surface area contributed by atoms with E-state index < -0.39 is 10.8 Å². The Kier molecular flexibility index (Phi) is 6.45. The molecule has 1 aromatic rings. The number of ether oxygens (including phenoxy) is 1. The van der Waals surface area contributed by atoms with E-state index in [9.17, 15) is 14.9 Å². The van der Waals surface area contributed by atoms with Crippen LogP contribution in [0.1, 0.15) is 29.6 Å². The Balaban J connectivity index is 2.52. The highest BCUT2D eigenvalue weighted by Crippen LogP contribution is 2.24. The van der Waals surface area contributed by atoms with E-state index in [0.717, 1.165) is 19.3 Å². The van der Waals surface area contributed by atoms with E-state index in [1.807, 2.05) is 0 Å². The van der Waals surface area contributed by atoms with Crippen molar-refractivity contribution in [2.75, 3.05) is 26.0 Å². The van der Waals surface area contributed by atoms with Crippen molar-refractivity contribution in [3.63, 3.8) is 0 Å². The first-order chi connectivity index (χ1) is 9.57. The van der Waals surface area contributed by atoms with Crippen molar-refractivity contribution in [2.24, 2.45) is 0 Å². The van der Waals surface area contributed by atoms with Gasteiger partial charge < -0.3 is 15.8 Å². The van der Waals surface area contributed by atoms with E-state index in [1.165, 1.54) is 18.2 Å². The predicted molar refractivity (Wildman–Crippen MR) is 75.6 cm³/mol. The van der Waals surface area contributed by atoms with Gasteiger partial charge in [0.15, 0.2) is 0 Å². The summed E-state index contributed by atoms with van der Waals surface area (Å²) in [6.07, 6.45) is 2.70. The third kappa shape index (κ3) is 4.51. The number of nitrogens with one attached hydrogen (secondary N) is 1. The Hall–Kier alpha value is -2.15. The number of hydrogen-bond donors (Lipinski definition) is 2. The first-order valence-electron chi connectivity index (χ1n) is 6.38. The van der Waals surface area contributed by atoms with Crippen LogP contribution in [0.4, 0.5) is 11.4 Å². The molecule has 1 rings (SSSR count). The van der Waals surface area contributed by atoms with Crippen molar-refractivity contribution < 1.29 is 14.5 Å². The number of carbonyl (C=O) groups is 1. The van der Waals surface area contributed by atoms with Crippen LogP contribution in [0.2, 0.25) is 0 Å². The number of benzene rings is 1. The van der Waals surface area contributed by atoms with Gasteiger partial charge in [0.2, 0.25) is 0 Å². The topological polar surface area (TPSA) is 107 Å². The van der Waals surface area contributed by atoms with Crippen molar-refractivity contribution in [1.29, 1.82) is 0 Å². The monoisotopic (exact) mass is 281 g/mol. The van der Waals surface area contributed by atoms with Crippen LogP contribution in [0.15, 0.2) is 18.2 Å². The lowest BCUT2D eigenvalue weighted by Gasteiger charge is -2.07. The van der Waals surface area contributed by atoms with Crippen molar-refractivity contribution in [3.05, 3.63) is 33.9 Å². The maximum Gasteiger partial charge on any atom is 0.292 e. The van der Waals surface area contributed by atoms with Gasteiger partial charge in [-0.15, -0.1) is 0 Å². The van der Waals surface area contributed by atoms with Crippen molar-refractivity contribution in [2.45, 2.75) is 19.3 Å². The van der Waals surface area contributed by atoms with Gasteiger partial charge in [-0.3, -0.25) is 14.9 Å². The summed E-state index contributed by atoms with van der Waals surface area (Å²) in [4.78, 5) is 22.0. The summed E-state index contributed by atoms with van der Waals surface area (Å²) in [5, 5.41) is 13.4. The minimum atomic E-state index is -0.600. The number of nitrogens with two attached hydrogens (primary N) is 1. The highest BCUT2D eigenvalue weighted by molar-refractivity contribution is 6.00. The second-order valence-electron chi connectivity index (χ2n) is 4.30. The molecule has 0 saturated carbocycles. The molecule has 0 aliphatic heterocycles. The van der Waals surface area contributed by atoms with E-state index in [4.69, 9.17) is 10.5 Å². The first kappa shape index (κ1) is 15.9. The summed E-state index contributed by atoms with van der Waals surface area (Å²) in [5.41, 5.74) is 5.42. The van der Waals surface area contributed by atoms with Crippen LogP contribution in [0.3, 0.4) is 0 Å². The molecule has 1 aromatic carbocycles. The number of unbranched alkanes of at least 4 members (excludes halogenated alkanes) is 2. The highest BCUT2D eigenvalue weighted by Gasteiger charge is 2.18. The Labute approximate surface area is 117 Å². The number of para-hydroxylation sites is 1. The van der Waals surface area contributed by atoms with E-state index in [2.05, 4.69) is 5.32 Å². The fraction of sp³-hybridized carbons (Fsp3) is 0.462. The van der Waals surface area contributed by atoms with Gasteiger partial charge in [-0.05, 0) is 25.3 Å². The van der Waals surface area contributed by atoms with Gasteiger partial charge in [0.1, 0.15) is 5.69 Å². The Morgan fingerprint density at radius 3 is 2.80 bits per heavy atom. The third-order valence-electron chi connectivity index (χ3n) is 2.84. The first-order valence-corrected chi connectivity index (χ1v) is 6.38. The fourth-order valence-corrected chi connectivity index (χ4v) is 1.76. The van der Waals surface area contributed by atoms with Gasteiger partial charge in [0.05, 0.1) is 10.5 Å². The van der Waals surface area contributed by atoms with Gasteiger partial charge in [0.25, 0.3) is 11.6 Å². The second kappa shape index (κ2) is 8.11. The molecule has 1 amide bonds. The fourth-order valence-electron chi connectivity index (χ4n) is 1.76. The van der Waals surface area contributed by atoms with E-state index in [-0.39, 0.29) is 16.9 Å². The summed E-state index contributed by atoms with van der Waals surface area (Å²) < 4.78 is 4.92. The van der Waals surface area contributed by atoms with Gasteiger partial charge in [-0.25, -0.2) is 0 Å². The lowest BCUT2D eigenvalue weighted by molar-refractivity contribution is -0.383. The molecule has 0 spiro atoms. The standard InChI is InChI=1S/C13H19N3O4/c1-20-9-4-2-3-8-15-13(17)10-6-5-7-11(12(10)14)16(18)19/h5-7H,2-4,8-9,14H2,1H3,(H,15,17). The number of nitro benzene ring substituents is 1. The minimum Gasteiger partial charge on any atom is -0.393 e. The molecule has 0 aromatic heterocycles. The molecule has 3 N–H and O–H groups in total. The van der Waals surface area contributed by atoms with E-state index >= 15 is 0 Å². The third-order valence-corrected chi connectivity index (χ3v) is 2.84. The van der Waals surface area contributed by atoms with Gasteiger partial charge >= 0.3 is 0 Å². The molecule has 7 nitrogen and oxygen atoms in total. The molecule has 0 aliphatic rings. The van der Waals surface area contributed by atoms with Crippen LogP contribution in [0, 0.1) is 10.1 Å². The number of anilines is 1. The Morgan fingerprint density at radius 1 is 1.40 bits per heavy atom. The number of nitrogen functional groups attached to an aromatic ring is 1. The molecule has 0 heterocycles. The molecule has 0 radical (unpaired) electrons. The zero-order valence-corrected chi connectivity index (χ0v) is 11.4. The molecule has 0 aliphatic carbocycles. The number of nitro groups is 1. The molecule has 0 unspecified atom stereocenters. The number of carbonyl (C=O) groups excluding carboxylic acids is 1. The molecule has 0 saturated heterocycles. The molecule has 7 heteroatoms. The molecule has 0 atom stereocenters. The Morgan fingerprint density at radius 2 is 2.15 bits per heavy atom. The highest BCUT2D eigenvalue weighted by atomic mass is 16.6. The Bertz CT molecular complexity index is 477. The molecule has 0 bridgehead atoms. The van der Waals surface area contributed by atoms with Crippen LogP contribution >= 0.6 is 0 Å². The lowest BCUT2D eigenvalue weighted by Crippen LogP contribution is -2.25. The number of methoxy groups -OCH3 is 1. The summed E-state index contributed by atoms with van der Waals surface area (Å²) in [6.45, 7) is 1.20. The van der Waals surface area contributed by atoms with Gasteiger partial charge in [0, 0.05) is 26.3 Å². The maximum absolute atomic E-state index is 11.9. The zero-order valence-electron chi connectivity index (χ0n) is 11.4. The average Bonchev–Trinajstić information content (AvgIpc) is 2.42. The minimum absolute atomic E-state index is 0.102. The summed E-state index contributed by atoms with van der Waals surface area (Å²) in [7, 11) is 1.65. The van der Waals surface area contributed by atoms with Gasteiger partial charge in [-0.1, -0.05) is 6.07 Å². The van der Waals surface area contributed by atoms with E-state index in [0.29, 0.717) is 13.2 Å². The maximum atomic E-state index is 11.9. The van der Waals surface area contributed by atoms with Crippen molar-refractivity contribution >= 4 is 17.3 Å². The number of nitrogens with zero attached hydrogens (tertiary/aromatic N) is 1. The number of amides is 1. The van der Waals surface area contributed by atoms with Crippen LogP contribution in [0.5, 0.6) is 0 Å². The summed E-state index contributed by atoms with van der Waals surface area (Å²) in [6, 6.07) is 4.20. The molecule has 110 valence electrons. The average molecular weight is 281 g/mol. The second-order valence-corrected chi connectivity index (χ2v) is 4.30. The zero-order chi connectivity index (χ0) is 15.0. The van der Waals surface area contributed by atoms with Crippen LogP contribution < -0.4 is 11.1 Å². The molecule has 0 fully saturated rings. The van der Waals surface area contributed by atoms with Crippen LogP contribution in [0.25, 0.3) is 0 Å². The number of hydrogen-bond acceptors (Lipinski definition) is 5. The van der Waals surface area contributed by atoms with E-state index in [1.54, 1.807) is 7.11 Å². The summed E-state index contributed by atoms with van der Waals surface area (Å²) >= 11 is 0. The van der Waals surface area contributed by atoms with Gasteiger partial charge in [-0.2, -0.15) is 0 Å². The van der Waals surface area contributed by atoms with Crippen molar-refractivity contribution in [3.8, 4) is 0 Å². The summed E-state index contributed by atoms with van der Waals surface area (Å²) in [5.74, 6) is -0.391. The SMILES string of the molecule is COCCCCCNC(=O)c1cccc([N+](=O)[O-])c1N. The normalized spacial score (nSPS) is 10.2. The lowest BCUT2D eigenvalue weighted by atomic mass is 10.1. The molecular formula is C13H19N3O4. The van der Waals surface area contributed by atoms with Crippen LogP contribution in [-0.4, -0.2) is 31.1 Å². The van der Waals surface area contributed by atoms with Crippen LogP contribution in [-0.2, 0) is 4.74 Å². The predicted octanol–water partition coefficient (Wildman–Crippen LogP) is 1.72. The smallest absolute Gasteiger partial charge is 0.292 e. The quantitative estimate of drug-likeness (QED) is 0.326. The van der Waals surface area contributed by atoms with Crippen molar-refractivity contribution in [1.82, 2.24) is 5.32 Å². The largest absolute Gasteiger partial charge is 0.393 e. The number of rotatable bonds is 8.